The van der Waals surface area contributed by atoms with Crippen LogP contribution in [-0.4, -0.2) is 32.0 Å². The minimum Gasteiger partial charge on any atom is -0.394 e. The van der Waals surface area contributed by atoms with Crippen molar-refractivity contribution in [2.75, 3.05) is 26.9 Å². The smallest absolute Gasteiger partial charge is 0.0652 e. The fourth-order valence-electron chi connectivity index (χ4n) is 1.60. The first-order valence-corrected chi connectivity index (χ1v) is 5.54. The number of rotatable bonds is 6. The number of hydrogen-bond acceptors (Lipinski definition) is 3. The van der Waals surface area contributed by atoms with Crippen LogP contribution in [0.15, 0.2) is 24.3 Å². The monoisotopic (exact) mass is 223 g/mol. The minimum absolute atomic E-state index is 0.0692. The average molecular weight is 223 g/mol. The molecular formula is C13H21NO2. The third-order valence-electron chi connectivity index (χ3n) is 2.83. The molecular weight excluding hydrogens is 202 g/mol. The molecule has 16 heavy (non-hydrogen) atoms. The van der Waals surface area contributed by atoms with Gasteiger partial charge in [-0.1, -0.05) is 29.8 Å². The first-order valence-electron chi connectivity index (χ1n) is 5.54. The van der Waals surface area contributed by atoms with Gasteiger partial charge in [0, 0.05) is 13.7 Å². The van der Waals surface area contributed by atoms with Crippen molar-refractivity contribution in [1.82, 2.24) is 5.32 Å². The Balaban J connectivity index is 2.74. The van der Waals surface area contributed by atoms with Crippen molar-refractivity contribution < 1.29 is 9.84 Å². The predicted octanol–water partition coefficient (Wildman–Crippen LogP) is 1.44. The van der Waals surface area contributed by atoms with E-state index in [9.17, 15) is 5.11 Å². The summed E-state index contributed by atoms with van der Waals surface area (Å²) in [4.78, 5) is 0. The molecule has 1 atom stereocenters. The molecule has 3 heteroatoms. The van der Waals surface area contributed by atoms with Crippen molar-refractivity contribution in [3.05, 3.63) is 35.4 Å². The van der Waals surface area contributed by atoms with Crippen LogP contribution >= 0.6 is 0 Å². The Labute approximate surface area is 97.4 Å². The largest absolute Gasteiger partial charge is 0.394 e. The lowest BCUT2D eigenvalue weighted by atomic mass is 9.92. The highest BCUT2D eigenvalue weighted by molar-refractivity contribution is 5.27. The van der Waals surface area contributed by atoms with E-state index in [1.165, 1.54) is 5.56 Å². The minimum atomic E-state index is -0.397. The van der Waals surface area contributed by atoms with Crippen LogP contribution in [0, 0.1) is 6.92 Å². The van der Waals surface area contributed by atoms with Gasteiger partial charge in [0.1, 0.15) is 0 Å². The van der Waals surface area contributed by atoms with Crippen molar-refractivity contribution in [2.24, 2.45) is 0 Å². The molecule has 90 valence electrons. The number of aliphatic hydroxyl groups is 1. The molecule has 0 aromatic heterocycles. The van der Waals surface area contributed by atoms with E-state index in [2.05, 4.69) is 24.4 Å². The number of aliphatic hydroxyl groups excluding tert-OH is 1. The lowest BCUT2D eigenvalue weighted by Gasteiger charge is -2.29. The molecule has 1 aromatic rings. The van der Waals surface area contributed by atoms with Gasteiger partial charge in [-0.15, -0.1) is 0 Å². The number of aryl methyl sites for hydroxylation is 1. The predicted molar refractivity (Wildman–Crippen MR) is 65.5 cm³/mol. The first-order chi connectivity index (χ1) is 7.62. The molecule has 0 bridgehead atoms. The van der Waals surface area contributed by atoms with E-state index in [1.807, 2.05) is 19.1 Å². The summed E-state index contributed by atoms with van der Waals surface area (Å²) in [6.45, 7) is 5.48. The number of ether oxygens (including phenoxy) is 1. The van der Waals surface area contributed by atoms with E-state index >= 15 is 0 Å². The van der Waals surface area contributed by atoms with E-state index in [-0.39, 0.29) is 6.61 Å². The van der Waals surface area contributed by atoms with Crippen LogP contribution in [0.2, 0.25) is 0 Å². The van der Waals surface area contributed by atoms with E-state index in [1.54, 1.807) is 7.11 Å². The molecule has 3 nitrogen and oxygen atoms in total. The second kappa shape index (κ2) is 5.99. The third kappa shape index (κ3) is 3.30. The van der Waals surface area contributed by atoms with E-state index in [4.69, 9.17) is 4.74 Å². The van der Waals surface area contributed by atoms with Gasteiger partial charge in [0.15, 0.2) is 0 Å². The summed E-state index contributed by atoms with van der Waals surface area (Å²) in [5.41, 5.74) is 1.92. The lowest BCUT2D eigenvalue weighted by molar-refractivity contribution is 0.148. The van der Waals surface area contributed by atoms with Gasteiger partial charge in [-0.05, 0) is 19.4 Å². The standard InChI is InChI=1S/C13H21NO2/c1-11-4-6-12(7-5-11)13(2,10-15)14-8-9-16-3/h4-7,14-15H,8-10H2,1-3H3. The number of benzene rings is 1. The maximum atomic E-state index is 9.50. The Kier molecular flexibility index (Phi) is 4.93. The van der Waals surface area contributed by atoms with Crippen LogP contribution in [-0.2, 0) is 10.3 Å². The molecule has 1 rings (SSSR count). The quantitative estimate of drug-likeness (QED) is 0.717. The number of nitrogens with one attached hydrogen (secondary N) is 1. The molecule has 0 aliphatic carbocycles. The molecule has 2 N–H and O–H groups in total. The van der Waals surface area contributed by atoms with Gasteiger partial charge in [-0.3, -0.25) is 0 Å². The maximum Gasteiger partial charge on any atom is 0.0652 e. The van der Waals surface area contributed by atoms with Gasteiger partial charge < -0.3 is 15.2 Å². The van der Waals surface area contributed by atoms with Crippen molar-refractivity contribution in [1.29, 1.82) is 0 Å². The Bertz CT molecular complexity index is 310. The summed E-state index contributed by atoms with van der Waals surface area (Å²) in [5.74, 6) is 0. The van der Waals surface area contributed by atoms with Gasteiger partial charge in [0.2, 0.25) is 0 Å². The van der Waals surface area contributed by atoms with Gasteiger partial charge in [-0.25, -0.2) is 0 Å². The molecule has 1 aromatic carbocycles. The van der Waals surface area contributed by atoms with Crippen LogP contribution in [0.4, 0.5) is 0 Å². The van der Waals surface area contributed by atoms with Gasteiger partial charge in [0.05, 0.1) is 18.8 Å². The average Bonchev–Trinajstić information content (AvgIpc) is 2.30. The fourth-order valence-corrected chi connectivity index (χ4v) is 1.60. The van der Waals surface area contributed by atoms with Gasteiger partial charge >= 0.3 is 0 Å². The zero-order valence-electron chi connectivity index (χ0n) is 10.3. The number of methoxy groups -OCH3 is 1. The summed E-state index contributed by atoms with van der Waals surface area (Å²) < 4.78 is 4.99. The van der Waals surface area contributed by atoms with Crippen molar-refractivity contribution in [2.45, 2.75) is 19.4 Å². The molecule has 1 unspecified atom stereocenters. The summed E-state index contributed by atoms with van der Waals surface area (Å²) in [6, 6.07) is 8.21. The SMILES string of the molecule is COCCNC(C)(CO)c1ccc(C)cc1. The Morgan fingerprint density at radius 2 is 1.94 bits per heavy atom. The first kappa shape index (κ1) is 13.2. The Morgan fingerprint density at radius 3 is 2.44 bits per heavy atom. The molecule has 0 amide bonds. The van der Waals surface area contributed by atoms with Crippen molar-refractivity contribution >= 4 is 0 Å². The zero-order chi connectivity index (χ0) is 12.0. The second-order valence-corrected chi connectivity index (χ2v) is 4.28. The van der Waals surface area contributed by atoms with Crippen molar-refractivity contribution in [3.63, 3.8) is 0 Å². The van der Waals surface area contributed by atoms with Gasteiger partial charge in [-0.2, -0.15) is 0 Å². The molecule has 0 saturated heterocycles. The van der Waals surface area contributed by atoms with Crippen LogP contribution in [0.3, 0.4) is 0 Å². The summed E-state index contributed by atoms with van der Waals surface area (Å²) in [7, 11) is 1.67. The summed E-state index contributed by atoms with van der Waals surface area (Å²) >= 11 is 0. The molecule has 0 fully saturated rings. The lowest BCUT2D eigenvalue weighted by Crippen LogP contribution is -2.44. The van der Waals surface area contributed by atoms with E-state index in [0.29, 0.717) is 6.61 Å². The molecule has 0 spiro atoms. The topological polar surface area (TPSA) is 41.5 Å². The molecule has 0 aliphatic heterocycles. The normalized spacial score (nSPS) is 14.8. The molecule has 0 radical (unpaired) electrons. The molecule has 0 saturated carbocycles. The zero-order valence-corrected chi connectivity index (χ0v) is 10.3. The highest BCUT2D eigenvalue weighted by atomic mass is 16.5. The summed E-state index contributed by atoms with van der Waals surface area (Å²) in [5, 5.41) is 12.8. The Hall–Kier alpha value is -0.900. The fraction of sp³-hybridized carbons (Fsp3) is 0.538. The second-order valence-electron chi connectivity index (χ2n) is 4.28. The van der Waals surface area contributed by atoms with Gasteiger partial charge in [0.25, 0.3) is 0 Å². The van der Waals surface area contributed by atoms with Crippen LogP contribution in [0.5, 0.6) is 0 Å². The molecule has 0 heterocycles. The van der Waals surface area contributed by atoms with E-state index < -0.39 is 5.54 Å². The summed E-state index contributed by atoms with van der Waals surface area (Å²) in [6.07, 6.45) is 0. The van der Waals surface area contributed by atoms with Crippen LogP contribution in [0.1, 0.15) is 18.1 Å². The maximum absolute atomic E-state index is 9.50. The highest BCUT2D eigenvalue weighted by Gasteiger charge is 2.24. The van der Waals surface area contributed by atoms with E-state index in [0.717, 1.165) is 12.1 Å². The van der Waals surface area contributed by atoms with Crippen LogP contribution < -0.4 is 5.32 Å². The Morgan fingerprint density at radius 1 is 1.31 bits per heavy atom. The van der Waals surface area contributed by atoms with Crippen molar-refractivity contribution in [3.8, 4) is 0 Å². The van der Waals surface area contributed by atoms with Crippen LogP contribution in [0.25, 0.3) is 0 Å². The third-order valence-corrected chi connectivity index (χ3v) is 2.83. The molecule has 0 aliphatic rings. The number of hydrogen-bond donors (Lipinski definition) is 2. The highest BCUT2D eigenvalue weighted by Crippen LogP contribution is 2.20.